The lowest BCUT2D eigenvalue weighted by Gasteiger charge is -2.08. The molecule has 84 valence electrons. The van der Waals surface area contributed by atoms with Crippen molar-refractivity contribution in [3.05, 3.63) is 70.6 Å². The van der Waals surface area contributed by atoms with Gasteiger partial charge in [0.05, 0.1) is 0 Å². The van der Waals surface area contributed by atoms with Gasteiger partial charge in [0.1, 0.15) is 0 Å². The summed E-state index contributed by atoms with van der Waals surface area (Å²) in [6.07, 6.45) is 8.46. The van der Waals surface area contributed by atoms with Crippen LogP contribution < -0.4 is 0 Å². The summed E-state index contributed by atoms with van der Waals surface area (Å²) in [6.45, 7) is 2.04. The van der Waals surface area contributed by atoms with Crippen LogP contribution in [0.1, 0.15) is 27.9 Å². The second-order valence-electron chi connectivity index (χ2n) is 4.58. The first-order valence-electron chi connectivity index (χ1n) is 6.02. The Kier molecular flexibility index (Phi) is 2.52. The second kappa shape index (κ2) is 4.17. The average Bonchev–Trinajstić information content (AvgIpc) is 2.78. The van der Waals surface area contributed by atoms with Gasteiger partial charge in [-0.15, -0.1) is 0 Å². The number of aromatic nitrogens is 1. The van der Waals surface area contributed by atoms with Crippen LogP contribution in [0.5, 0.6) is 0 Å². The van der Waals surface area contributed by atoms with Gasteiger partial charge in [0, 0.05) is 11.9 Å². The van der Waals surface area contributed by atoms with Crippen molar-refractivity contribution in [2.75, 3.05) is 0 Å². The molecule has 1 aliphatic rings. The summed E-state index contributed by atoms with van der Waals surface area (Å²) < 4.78 is 0. The molecule has 0 unspecified atom stereocenters. The van der Waals surface area contributed by atoms with E-state index in [1.807, 2.05) is 13.1 Å². The highest BCUT2D eigenvalue weighted by atomic mass is 14.6. The SMILES string of the molecule is Cc1cc(Cc2cccc3c2C=CC3)ccn1. The molecule has 1 heterocycles. The molecule has 0 bridgehead atoms. The molecule has 0 amide bonds. The third-order valence-electron chi connectivity index (χ3n) is 3.26. The zero-order chi connectivity index (χ0) is 11.7. The largest absolute Gasteiger partial charge is 0.262 e. The number of pyridine rings is 1. The minimum absolute atomic E-state index is 0.997. The Labute approximate surface area is 102 Å². The molecule has 0 fully saturated rings. The van der Waals surface area contributed by atoms with Crippen LogP contribution in [-0.2, 0) is 12.8 Å². The third kappa shape index (κ3) is 2.01. The lowest BCUT2D eigenvalue weighted by atomic mass is 9.97. The van der Waals surface area contributed by atoms with Crippen LogP contribution in [0.2, 0.25) is 0 Å². The van der Waals surface area contributed by atoms with E-state index in [2.05, 4.69) is 47.5 Å². The van der Waals surface area contributed by atoms with Crippen LogP contribution in [0.3, 0.4) is 0 Å². The standard InChI is InChI=1S/C16H15N/c1-12-10-13(8-9-17-12)11-15-6-2-4-14-5-3-7-16(14)15/h2-4,6-10H,5,11H2,1H3. The maximum absolute atomic E-state index is 4.24. The van der Waals surface area contributed by atoms with Crippen LogP contribution in [-0.4, -0.2) is 4.98 Å². The van der Waals surface area contributed by atoms with Crippen molar-refractivity contribution in [1.29, 1.82) is 0 Å². The van der Waals surface area contributed by atoms with E-state index < -0.39 is 0 Å². The van der Waals surface area contributed by atoms with E-state index in [-0.39, 0.29) is 0 Å². The summed E-state index contributed by atoms with van der Waals surface area (Å²) in [5.74, 6) is 0. The van der Waals surface area contributed by atoms with Crippen LogP contribution in [0, 0.1) is 6.92 Å². The zero-order valence-electron chi connectivity index (χ0n) is 9.98. The normalized spacial score (nSPS) is 12.8. The lowest BCUT2D eigenvalue weighted by Crippen LogP contribution is -1.94. The van der Waals surface area contributed by atoms with Crippen molar-refractivity contribution in [1.82, 2.24) is 4.98 Å². The van der Waals surface area contributed by atoms with Crippen molar-refractivity contribution < 1.29 is 0 Å². The first-order valence-corrected chi connectivity index (χ1v) is 6.02. The number of hydrogen-bond acceptors (Lipinski definition) is 1. The smallest absolute Gasteiger partial charge is 0.0375 e. The Bertz CT molecular complexity index is 582. The van der Waals surface area contributed by atoms with Crippen molar-refractivity contribution in [3.8, 4) is 0 Å². The molecule has 17 heavy (non-hydrogen) atoms. The molecule has 2 aromatic rings. The number of aryl methyl sites for hydroxylation is 1. The molecule has 1 aromatic heterocycles. The monoisotopic (exact) mass is 221 g/mol. The van der Waals surface area contributed by atoms with Gasteiger partial charge >= 0.3 is 0 Å². The van der Waals surface area contributed by atoms with Gasteiger partial charge in [-0.2, -0.15) is 0 Å². The number of allylic oxidation sites excluding steroid dienone is 1. The molecule has 1 aromatic carbocycles. The molecule has 0 aliphatic heterocycles. The lowest BCUT2D eigenvalue weighted by molar-refractivity contribution is 1.11. The van der Waals surface area contributed by atoms with E-state index >= 15 is 0 Å². The summed E-state index contributed by atoms with van der Waals surface area (Å²) in [7, 11) is 0. The predicted molar refractivity (Wildman–Crippen MR) is 71.0 cm³/mol. The molecule has 0 atom stereocenters. The summed E-state index contributed by atoms with van der Waals surface area (Å²) in [5, 5.41) is 0. The molecule has 1 nitrogen and oxygen atoms in total. The van der Waals surface area contributed by atoms with E-state index in [0.29, 0.717) is 0 Å². The average molecular weight is 221 g/mol. The predicted octanol–water partition coefficient (Wildman–Crippen LogP) is 3.55. The number of hydrogen-bond donors (Lipinski definition) is 0. The number of nitrogens with zero attached hydrogens (tertiary/aromatic N) is 1. The fourth-order valence-electron chi connectivity index (χ4n) is 2.45. The van der Waals surface area contributed by atoms with Gasteiger partial charge in [-0.05, 0) is 54.2 Å². The summed E-state index contributed by atoms with van der Waals surface area (Å²) >= 11 is 0. The topological polar surface area (TPSA) is 12.9 Å². The molecule has 0 saturated carbocycles. The zero-order valence-corrected chi connectivity index (χ0v) is 9.98. The summed E-state index contributed by atoms with van der Waals surface area (Å²) in [6, 6.07) is 10.9. The highest BCUT2D eigenvalue weighted by molar-refractivity contribution is 5.63. The minimum atomic E-state index is 0.997. The maximum Gasteiger partial charge on any atom is 0.0375 e. The van der Waals surface area contributed by atoms with E-state index in [1.54, 1.807) is 0 Å². The fraction of sp³-hybridized carbons (Fsp3) is 0.188. The molecule has 0 saturated heterocycles. The Hall–Kier alpha value is -1.89. The van der Waals surface area contributed by atoms with Gasteiger partial charge in [0.15, 0.2) is 0 Å². The number of rotatable bonds is 2. The first kappa shape index (κ1) is 10.3. The molecule has 0 N–H and O–H groups in total. The quantitative estimate of drug-likeness (QED) is 0.755. The molecule has 0 radical (unpaired) electrons. The number of benzene rings is 1. The van der Waals surface area contributed by atoms with Crippen LogP contribution in [0.25, 0.3) is 6.08 Å². The van der Waals surface area contributed by atoms with Gasteiger partial charge in [0.2, 0.25) is 0 Å². The van der Waals surface area contributed by atoms with Crippen molar-refractivity contribution in [2.24, 2.45) is 0 Å². The second-order valence-corrected chi connectivity index (χ2v) is 4.58. The van der Waals surface area contributed by atoms with Gasteiger partial charge in [0.25, 0.3) is 0 Å². The molecular weight excluding hydrogens is 206 g/mol. The summed E-state index contributed by atoms with van der Waals surface area (Å²) in [5.41, 5.74) is 6.72. The van der Waals surface area contributed by atoms with Gasteiger partial charge in [-0.25, -0.2) is 0 Å². The van der Waals surface area contributed by atoms with E-state index in [1.165, 1.54) is 22.3 Å². The van der Waals surface area contributed by atoms with E-state index in [4.69, 9.17) is 0 Å². The molecule has 0 spiro atoms. The van der Waals surface area contributed by atoms with Crippen molar-refractivity contribution in [2.45, 2.75) is 19.8 Å². The van der Waals surface area contributed by atoms with Crippen LogP contribution >= 0.6 is 0 Å². The fourth-order valence-corrected chi connectivity index (χ4v) is 2.45. The Morgan fingerprint density at radius 2 is 2.18 bits per heavy atom. The first-order chi connectivity index (χ1) is 8.33. The Balaban J connectivity index is 1.96. The Morgan fingerprint density at radius 1 is 1.24 bits per heavy atom. The van der Waals surface area contributed by atoms with Gasteiger partial charge in [-0.3, -0.25) is 4.98 Å². The molecule has 1 heteroatoms. The molecule has 3 rings (SSSR count). The van der Waals surface area contributed by atoms with Crippen LogP contribution in [0.15, 0.2) is 42.6 Å². The van der Waals surface area contributed by atoms with Crippen molar-refractivity contribution >= 4 is 6.08 Å². The van der Waals surface area contributed by atoms with Gasteiger partial charge < -0.3 is 0 Å². The molecule has 1 aliphatic carbocycles. The van der Waals surface area contributed by atoms with Crippen LogP contribution in [0.4, 0.5) is 0 Å². The highest BCUT2D eigenvalue weighted by Crippen LogP contribution is 2.25. The minimum Gasteiger partial charge on any atom is -0.262 e. The van der Waals surface area contributed by atoms with E-state index in [9.17, 15) is 0 Å². The van der Waals surface area contributed by atoms with Gasteiger partial charge in [-0.1, -0.05) is 30.4 Å². The molecular formula is C16H15N. The maximum atomic E-state index is 4.24. The third-order valence-corrected chi connectivity index (χ3v) is 3.26. The van der Waals surface area contributed by atoms with E-state index in [0.717, 1.165) is 18.5 Å². The summed E-state index contributed by atoms with van der Waals surface area (Å²) in [4.78, 5) is 4.24. The number of fused-ring (bicyclic) bond motifs is 1. The van der Waals surface area contributed by atoms with Crippen molar-refractivity contribution in [3.63, 3.8) is 0 Å². The Morgan fingerprint density at radius 3 is 3.06 bits per heavy atom. The highest BCUT2D eigenvalue weighted by Gasteiger charge is 2.09.